The molecule has 106 valence electrons. The van der Waals surface area contributed by atoms with Crippen LogP contribution in [0, 0.1) is 5.41 Å². The van der Waals surface area contributed by atoms with Gasteiger partial charge in [-0.15, -0.1) is 0 Å². The van der Waals surface area contributed by atoms with Gasteiger partial charge >= 0.3 is 0 Å². The van der Waals surface area contributed by atoms with E-state index < -0.39 is 0 Å². The highest BCUT2D eigenvalue weighted by molar-refractivity contribution is 9.10. The minimum absolute atomic E-state index is 0.00200. The topological polar surface area (TPSA) is 55.1 Å². The Morgan fingerprint density at radius 2 is 1.84 bits per heavy atom. The van der Waals surface area contributed by atoms with Crippen LogP contribution < -0.4 is 11.1 Å². The van der Waals surface area contributed by atoms with Gasteiger partial charge in [0.2, 0.25) is 5.91 Å². The minimum Gasteiger partial charge on any atom is -0.350 e. The molecule has 0 bridgehead atoms. The van der Waals surface area contributed by atoms with Gasteiger partial charge in [-0.1, -0.05) is 48.8 Å². The summed E-state index contributed by atoms with van der Waals surface area (Å²) in [6.45, 7) is 8.11. The van der Waals surface area contributed by atoms with Crippen molar-refractivity contribution in [3.05, 3.63) is 34.3 Å². The number of benzene rings is 1. The highest BCUT2D eigenvalue weighted by Crippen LogP contribution is 2.20. The number of halogens is 1. The van der Waals surface area contributed by atoms with Gasteiger partial charge in [-0.2, -0.15) is 0 Å². The van der Waals surface area contributed by atoms with Gasteiger partial charge < -0.3 is 11.1 Å². The summed E-state index contributed by atoms with van der Waals surface area (Å²) in [7, 11) is 0. The van der Waals surface area contributed by atoms with E-state index >= 15 is 0 Å². The van der Waals surface area contributed by atoms with E-state index in [1.807, 2.05) is 52.0 Å². The summed E-state index contributed by atoms with van der Waals surface area (Å²) in [5.41, 5.74) is 7.05. The Hall–Kier alpha value is -0.870. The number of carbonyl (C=O) groups excluding carboxylic acids is 1. The van der Waals surface area contributed by atoms with Crippen LogP contribution in [-0.4, -0.2) is 11.9 Å². The predicted molar refractivity (Wildman–Crippen MR) is 82.7 cm³/mol. The maximum Gasteiger partial charge on any atom is 0.222 e. The second-order valence-electron chi connectivity index (χ2n) is 6.02. The van der Waals surface area contributed by atoms with Crippen molar-refractivity contribution in [1.82, 2.24) is 5.32 Å². The molecule has 19 heavy (non-hydrogen) atoms. The quantitative estimate of drug-likeness (QED) is 0.891. The van der Waals surface area contributed by atoms with E-state index in [9.17, 15) is 4.79 Å². The average molecular weight is 327 g/mol. The molecule has 1 aromatic rings. The van der Waals surface area contributed by atoms with Gasteiger partial charge in [-0.3, -0.25) is 4.79 Å². The molecule has 0 aliphatic heterocycles. The van der Waals surface area contributed by atoms with Crippen LogP contribution in [0.3, 0.4) is 0 Å². The lowest BCUT2D eigenvalue weighted by Crippen LogP contribution is -2.40. The maximum atomic E-state index is 12.0. The lowest BCUT2D eigenvalue weighted by molar-refractivity contribution is -0.122. The Bertz CT molecular complexity index is 423. The Kier molecular flexibility index (Phi) is 5.56. The number of hydrogen-bond donors (Lipinski definition) is 2. The number of nitrogens with one attached hydrogen (secondary N) is 1. The van der Waals surface area contributed by atoms with E-state index in [2.05, 4.69) is 21.2 Å². The Morgan fingerprint density at radius 3 is 2.32 bits per heavy atom. The molecule has 1 aromatic carbocycles. The Morgan fingerprint density at radius 1 is 1.32 bits per heavy atom. The SMILES string of the molecule is CC(NC(=O)CC(N)C(C)(C)C)c1ccc(Br)cc1. The number of rotatable bonds is 4. The summed E-state index contributed by atoms with van der Waals surface area (Å²) in [6.07, 6.45) is 0.352. The number of nitrogens with two attached hydrogens (primary N) is 1. The van der Waals surface area contributed by atoms with Crippen molar-refractivity contribution < 1.29 is 4.79 Å². The maximum absolute atomic E-state index is 12.0. The monoisotopic (exact) mass is 326 g/mol. The highest BCUT2D eigenvalue weighted by atomic mass is 79.9. The third kappa shape index (κ3) is 5.33. The minimum atomic E-state index is -0.135. The predicted octanol–water partition coefficient (Wildman–Crippen LogP) is 3.39. The third-order valence-corrected chi connectivity index (χ3v) is 3.79. The Labute approximate surface area is 124 Å². The third-order valence-electron chi connectivity index (χ3n) is 3.27. The van der Waals surface area contributed by atoms with Crippen LogP contribution in [0.2, 0.25) is 0 Å². The zero-order valence-electron chi connectivity index (χ0n) is 12.0. The van der Waals surface area contributed by atoms with Gasteiger partial charge in [0.25, 0.3) is 0 Å². The van der Waals surface area contributed by atoms with Gasteiger partial charge in [-0.25, -0.2) is 0 Å². The van der Waals surface area contributed by atoms with Crippen molar-refractivity contribution in [3.63, 3.8) is 0 Å². The van der Waals surface area contributed by atoms with E-state index in [1.54, 1.807) is 0 Å². The molecule has 1 amide bonds. The molecule has 4 heteroatoms. The van der Waals surface area contributed by atoms with Crippen molar-refractivity contribution in [2.24, 2.45) is 11.1 Å². The fourth-order valence-electron chi connectivity index (χ4n) is 1.64. The lowest BCUT2D eigenvalue weighted by atomic mass is 9.85. The smallest absolute Gasteiger partial charge is 0.222 e. The molecular weight excluding hydrogens is 304 g/mol. The first-order valence-electron chi connectivity index (χ1n) is 6.50. The van der Waals surface area contributed by atoms with Crippen LogP contribution in [0.4, 0.5) is 0 Å². The van der Waals surface area contributed by atoms with Crippen LogP contribution in [0.15, 0.2) is 28.7 Å². The number of carbonyl (C=O) groups is 1. The summed E-state index contributed by atoms with van der Waals surface area (Å²) in [5.74, 6) is -0.00200. The van der Waals surface area contributed by atoms with Crippen LogP contribution in [-0.2, 0) is 4.79 Å². The normalized spacial score (nSPS) is 14.8. The van der Waals surface area contributed by atoms with Gasteiger partial charge in [0, 0.05) is 16.9 Å². The van der Waals surface area contributed by atoms with Crippen LogP contribution in [0.25, 0.3) is 0 Å². The molecule has 0 saturated carbocycles. The highest BCUT2D eigenvalue weighted by Gasteiger charge is 2.23. The van der Waals surface area contributed by atoms with Crippen LogP contribution in [0.1, 0.15) is 45.7 Å². The summed E-state index contributed by atoms with van der Waals surface area (Å²) in [4.78, 5) is 12.0. The number of amides is 1. The number of hydrogen-bond acceptors (Lipinski definition) is 2. The summed E-state index contributed by atoms with van der Waals surface area (Å²) >= 11 is 3.40. The fourth-order valence-corrected chi connectivity index (χ4v) is 1.91. The van der Waals surface area contributed by atoms with E-state index in [4.69, 9.17) is 5.73 Å². The molecule has 0 heterocycles. The van der Waals surface area contributed by atoms with Crippen molar-refractivity contribution in [3.8, 4) is 0 Å². The molecule has 0 radical (unpaired) electrons. The molecule has 0 aromatic heterocycles. The first kappa shape index (κ1) is 16.2. The summed E-state index contributed by atoms with van der Waals surface area (Å²) < 4.78 is 1.03. The zero-order chi connectivity index (χ0) is 14.6. The van der Waals surface area contributed by atoms with Gasteiger partial charge in [0.05, 0.1) is 6.04 Å². The molecule has 2 unspecified atom stereocenters. The van der Waals surface area contributed by atoms with Gasteiger partial charge in [-0.05, 0) is 30.0 Å². The fraction of sp³-hybridized carbons (Fsp3) is 0.533. The van der Waals surface area contributed by atoms with Gasteiger partial charge in [0.15, 0.2) is 0 Å². The second-order valence-corrected chi connectivity index (χ2v) is 6.93. The molecule has 3 nitrogen and oxygen atoms in total. The van der Waals surface area contributed by atoms with E-state index in [0.29, 0.717) is 6.42 Å². The standard InChI is InChI=1S/C15H23BrN2O/c1-10(11-5-7-12(16)8-6-11)18-14(19)9-13(17)15(2,3)4/h5-8,10,13H,9,17H2,1-4H3,(H,18,19). The summed E-state index contributed by atoms with van der Waals surface area (Å²) in [6, 6.07) is 7.80. The molecule has 0 aliphatic rings. The molecule has 3 N–H and O–H groups in total. The molecule has 0 fully saturated rings. The first-order chi connectivity index (χ1) is 8.70. The van der Waals surface area contributed by atoms with E-state index in [0.717, 1.165) is 10.0 Å². The Balaban J connectivity index is 2.55. The van der Waals surface area contributed by atoms with Crippen molar-refractivity contribution >= 4 is 21.8 Å². The van der Waals surface area contributed by atoms with Crippen molar-refractivity contribution in [2.45, 2.75) is 46.2 Å². The molecule has 0 spiro atoms. The average Bonchev–Trinajstić information content (AvgIpc) is 2.28. The summed E-state index contributed by atoms with van der Waals surface area (Å²) in [5, 5.41) is 2.98. The van der Waals surface area contributed by atoms with Crippen LogP contribution >= 0.6 is 15.9 Å². The van der Waals surface area contributed by atoms with E-state index in [-0.39, 0.29) is 23.4 Å². The molecule has 0 aliphatic carbocycles. The molecule has 0 saturated heterocycles. The molecular formula is C15H23BrN2O. The van der Waals surface area contributed by atoms with E-state index in [1.165, 1.54) is 0 Å². The largest absolute Gasteiger partial charge is 0.350 e. The second kappa shape index (κ2) is 6.53. The van der Waals surface area contributed by atoms with Crippen LogP contribution in [0.5, 0.6) is 0 Å². The van der Waals surface area contributed by atoms with Gasteiger partial charge in [0.1, 0.15) is 0 Å². The lowest BCUT2D eigenvalue weighted by Gasteiger charge is -2.27. The first-order valence-corrected chi connectivity index (χ1v) is 7.30. The zero-order valence-corrected chi connectivity index (χ0v) is 13.6. The van der Waals surface area contributed by atoms with Crippen molar-refractivity contribution in [1.29, 1.82) is 0 Å². The molecule has 1 rings (SSSR count). The van der Waals surface area contributed by atoms with Crippen molar-refractivity contribution in [2.75, 3.05) is 0 Å². The molecule has 2 atom stereocenters.